The molecule has 0 bridgehead atoms. The number of nitrogens with zero attached hydrogens (tertiary/aromatic N) is 5. The van der Waals surface area contributed by atoms with Crippen LogP contribution >= 0.6 is 0 Å². The summed E-state index contributed by atoms with van der Waals surface area (Å²) >= 11 is 0. The Morgan fingerprint density at radius 2 is 1.03 bits per heavy atom. The topological polar surface area (TPSA) is 86.8 Å². The standard InChI is InChI=1S/C66H57N7/c1-41-20-14-17-27-52(41)69-64(70-63(68)42-21-10-8-11-22-42)51-36-43(40-67)59(39-60(51)72-55-32-30-44(65(2,3)4)37-49(55)50-38-45(66(5,6)7)31-33-56(50)72)73-54-29-19-16-26-48(54)62-58(73)35-34-57-61(62)47-25-15-18-28-53(47)71(57)46-23-12-9-13-24-46/h8-39,41,52H,1-7H3,(H2,68,69,70)/t41-,52?/m1/s1. The van der Waals surface area contributed by atoms with Crippen molar-refractivity contribution < 1.29 is 0 Å². The molecular formula is C66H57N7. The second-order valence-corrected chi connectivity index (χ2v) is 21.7. The minimum absolute atomic E-state index is 0.0907. The van der Waals surface area contributed by atoms with Crippen molar-refractivity contribution in [3.8, 4) is 23.1 Å². The molecule has 73 heavy (non-hydrogen) atoms. The number of benzene rings is 8. The highest BCUT2D eigenvalue weighted by Gasteiger charge is 2.28. The fourth-order valence-electron chi connectivity index (χ4n) is 11.1. The molecule has 2 N–H and O–H groups in total. The summed E-state index contributed by atoms with van der Waals surface area (Å²) in [6, 6.07) is 62.5. The monoisotopic (exact) mass is 947 g/mol. The molecule has 0 radical (unpaired) electrons. The highest BCUT2D eigenvalue weighted by Crippen LogP contribution is 2.44. The number of aromatic nitrogens is 3. The molecule has 3 aromatic heterocycles. The van der Waals surface area contributed by atoms with E-state index in [-0.39, 0.29) is 28.6 Å². The SMILES string of the molecule is C[C@@H]1C=CC=CC1NC(=NC(=N)c1ccccc1)c1cc(C#N)c(-n2c3ccccc3c3c4c5ccccc5n(-c5ccccc5)c4ccc32)cc1-n1c2ccc(C(C)(C)C)cc2c2cc(C(C)(C)C)ccc21. The number of para-hydroxylation sites is 3. The highest BCUT2D eigenvalue weighted by atomic mass is 15.1. The van der Waals surface area contributed by atoms with E-state index in [1.54, 1.807) is 0 Å². The number of nitriles is 1. The molecule has 2 atom stereocenters. The van der Waals surface area contributed by atoms with Crippen LogP contribution in [0.5, 0.6) is 0 Å². The van der Waals surface area contributed by atoms with Crippen molar-refractivity contribution in [2.45, 2.75) is 65.3 Å². The number of rotatable bonds is 6. The van der Waals surface area contributed by atoms with Crippen LogP contribution in [0.25, 0.3) is 82.5 Å². The van der Waals surface area contributed by atoms with Gasteiger partial charge in [0, 0.05) is 49.1 Å². The summed E-state index contributed by atoms with van der Waals surface area (Å²) in [5, 5.41) is 31.8. The van der Waals surface area contributed by atoms with Gasteiger partial charge in [-0.05, 0) is 101 Å². The first-order valence-corrected chi connectivity index (χ1v) is 25.3. The summed E-state index contributed by atoms with van der Waals surface area (Å²) in [5.74, 6) is 0.753. The van der Waals surface area contributed by atoms with E-state index >= 15 is 0 Å². The van der Waals surface area contributed by atoms with Gasteiger partial charge in [-0.25, -0.2) is 4.99 Å². The molecule has 0 saturated heterocycles. The number of allylic oxidation sites excluding steroid dienone is 2. The van der Waals surface area contributed by atoms with Crippen LogP contribution in [0.3, 0.4) is 0 Å². The van der Waals surface area contributed by atoms with Crippen LogP contribution in [-0.4, -0.2) is 31.4 Å². The van der Waals surface area contributed by atoms with Crippen LogP contribution < -0.4 is 5.32 Å². The second kappa shape index (κ2) is 17.2. The van der Waals surface area contributed by atoms with Crippen molar-refractivity contribution in [1.29, 1.82) is 10.7 Å². The van der Waals surface area contributed by atoms with Crippen molar-refractivity contribution in [2.75, 3.05) is 0 Å². The molecule has 7 heteroatoms. The number of nitrogens with one attached hydrogen (secondary N) is 2. The predicted molar refractivity (Wildman–Crippen MR) is 306 cm³/mol. The van der Waals surface area contributed by atoms with Gasteiger partial charge in [-0.3, -0.25) is 5.41 Å². The maximum atomic E-state index is 11.6. The minimum Gasteiger partial charge on any atom is -0.363 e. The zero-order valence-electron chi connectivity index (χ0n) is 42.4. The molecule has 11 aromatic rings. The van der Waals surface area contributed by atoms with Crippen molar-refractivity contribution in [2.24, 2.45) is 10.9 Å². The third-order valence-corrected chi connectivity index (χ3v) is 14.9. The van der Waals surface area contributed by atoms with Crippen LogP contribution in [0.2, 0.25) is 0 Å². The van der Waals surface area contributed by atoms with E-state index in [0.29, 0.717) is 22.5 Å². The van der Waals surface area contributed by atoms with Crippen molar-refractivity contribution in [3.05, 3.63) is 222 Å². The Balaban J connectivity index is 1.22. The van der Waals surface area contributed by atoms with E-state index in [0.717, 1.165) is 82.5 Å². The molecule has 3 heterocycles. The average molecular weight is 948 g/mol. The molecule has 356 valence electrons. The molecule has 12 rings (SSSR count). The Kier molecular flexibility index (Phi) is 10.7. The van der Waals surface area contributed by atoms with Gasteiger partial charge in [-0.15, -0.1) is 0 Å². The van der Waals surface area contributed by atoms with Gasteiger partial charge < -0.3 is 19.0 Å². The molecule has 1 aliphatic carbocycles. The molecule has 0 fully saturated rings. The summed E-state index contributed by atoms with van der Waals surface area (Å²) in [5.41, 5.74) is 13.2. The number of fused-ring (bicyclic) bond motifs is 10. The number of aliphatic imine (C=N–C) groups is 1. The summed E-state index contributed by atoms with van der Waals surface area (Å²) < 4.78 is 7.02. The lowest BCUT2D eigenvalue weighted by molar-refractivity contribution is 0.574. The van der Waals surface area contributed by atoms with Crippen LogP contribution in [0.15, 0.2) is 199 Å². The summed E-state index contributed by atoms with van der Waals surface area (Å²) in [6.45, 7) is 15.8. The average Bonchev–Trinajstić information content (AvgIpc) is 4.04. The highest BCUT2D eigenvalue weighted by molar-refractivity contribution is 6.29. The van der Waals surface area contributed by atoms with Gasteiger partial charge in [-0.2, -0.15) is 5.26 Å². The molecule has 7 nitrogen and oxygen atoms in total. The van der Waals surface area contributed by atoms with E-state index in [1.807, 2.05) is 36.4 Å². The largest absolute Gasteiger partial charge is 0.363 e. The zero-order valence-corrected chi connectivity index (χ0v) is 42.4. The molecule has 8 aromatic carbocycles. The van der Waals surface area contributed by atoms with Gasteiger partial charge in [0.2, 0.25) is 0 Å². The molecule has 1 aliphatic rings. The second-order valence-electron chi connectivity index (χ2n) is 21.7. The van der Waals surface area contributed by atoms with Crippen LogP contribution in [0, 0.1) is 22.7 Å². The number of amidine groups is 2. The van der Waals surface area contributed by atoms with Crippen molar-refractivity contribution in [1.82, 2.24) is 19.0 Å². The maximum Gasteiger partial charge on any atom is 0.154 e. The smallest absolute Gasteiger partial charge is 0.154 e. The first-order chi connectivity index (χ1) is 35.3. The number of hydrogen-bond donors (Lipinski definition) is 2. The lowest BCUT2D eigenvalue weighted by Crippen LogP contribution is -2.39. The van der Waals surface area contributed by atoms with Crippen LogP contribution in [0.4, 0.5) is 0 Å². The molecule has 0 spiro atoms. The fourth-order valence-corrected chi connectivity index (χ4v) is 11.1. The lowest BCUT2D eigenvalue weighted by Gasteiger charge is -2.26. The van der Waals surface area contributed by atoms with Crippen molar-refractivity contribution in [3.63, 3.8) is 0 Å². The fraction of sp³-hybridized carbons (Fsp3) is 0.167. The quantitative estimate of drug-likeness (QED) is 0.128. The lowest BCUT2D eigenvalue weighted by atomic mass is 9.85. The van der Waals surface area contributed by atoms with Gasteiger partial charge in [0.25, 0.3) is 0 Å². The normalized spacial score (nSPS) is 15.3. The Labute approximate surface area is 426 Å². The van der Waals surface area contributed by atoms with E-state index in [2.05, 4.69) is 231 Å². The summed E-state index contributed by atoms with van der Waals surface area (Å²) in [4.78, 5) is 5.23. The first-order valence-electron chi connectivity index (χ1n) is 25.3. The summed E-state index contributed by atoms with van der Waals surface area (Å²) in [6.07, 6.45) is 8.48. The van der Waals surface area contributed by atoms with Crippen LogP contribution in [0.1, 0.15) is 76.3 Å². The summed E-state index contributed by atoms with van der Waals surface area (Å²) in [7, 11) is 0. The van der Waals surface area contributed by atoms with Gasteiger partial charge in [-0.1, -0.05) is 170 Å². The van der Waals surface area contributed by atoms with Gasteiger partial charge in [0.05, 0.1) is 56.1 Å². The van der Waals surface area contributed by atoms with E-state index < -0.39 is 0 Å². The Hall–Kier alpha value is -8.73. The predicted octanol–water partition coefficient (Wildman–Crippen LogP) is 15.9. The van der Waals surface area contributed by atoms with Crippen LogP contribution in [-0.2, 0) is 10.8 Å². The van der Waals surface area contributed by atoms with Crippen molar-refractivity contribution >= 4 is 77.1 Å². The van der Waals surface area contributed by atoms with Gasteiger partial charge >= 0.3 is 0 Å². The third-order valence-electron chi connectivity index (χ3n) is 14.9. The van der Waals surface area contributed by atoms with Gasteiger partial charge in [0.1, 0.15) is 11.9 Å². The van der Waals surface area contributed by atoms with E-state index in [1.165, 1.54) is 11.1 Å². The van der Waals surface area contributed by atoms with E-state index in [9.17, 15) is 10.7 Å². The molecule has 0 amide bonds. The minimum atomic E-state index is -0.134. The molecule has 0 saturated carbocycles. The number of hydrogen-bond acceptors (Lipinski definition) is 2. The molecule has 0 aliphatic heterocycles. The van der Waals surface area contributed by atoms with E-state index in [4.69, 9.17) is 4.99 Å². The Morgan fingerprint density at radius 1 is 0.534 bits per heavy atom. The Bertz CT molecular complexity index is 4100. The zero-order chi connectivity index (χ0) is 50.3. The van der Waals surface area contributed by atoms with Gasteiger partial charge in [0.15, 0.2) is 5.84 Å². The Morgan fingerprint density at radius 3 is 1.60 bits per heavy atom. The third kappa shape index (κ3) is 7.56. The molecule has 1 unspecified atom stereocenters. The first kappa shape index (κ1) is 45.4. The maximum absolute atomic E-state index is 11.6. The molecular weight excluding hydrogens is 891 g/mol.